The van der Waals surface area contributed by atoms with Gasteiger partial charge in [-0.15, -0.1) is 0 Å². The molecule has 0 saturated carbocycles. The number of anilines is 2. The van der Waals surface area contributed by atoms with Crippen molar-refractivity contribution in [3.8, 4) is 11.4 Å². The minimum absolute atomic E-state index is 0.597. The molecular formula is C27H23N5. The first kappa shape index (κ1) is 19.8. The van der Waals surface area contributed by atoms with Crippen LogP contribution in [-0.2, 0) is 6.54 Å². The first-order valence-electron chi connectivity index (χ1n) is 10.6. The third-order valence-electron chi connectivity index (χ3n) is 5.30. The minimum atomic E-state index is 0.597. The Morgan fingerprint density at radius 3 is 2.41 bits per heavy atom. The van der Waals surface area contributed by atoms with E-state index in [2.05, 4.69) is 44.5 Å². The van der Waals surface area contributed by atoms with Gasteiger partial charge in [0.05, 0.1) is 23.8 Å². The predicted octanol–water partition coefficient (Wildman–Crippen LogP) is 5.58. The molecule has 0 unspecified atom stereocenters. The molecule has 0 saturated heterocycles. The van der Waals surface area contributed by atoms with Crippen LogP contribution in [0.1, 0.15) is 5.69 Å². The highest BCUT2D eigenvalue weighted by Gasteiger charge is 2.13. The van der Waals surface area contributed by atoms with Crippen molar-refractivity contribution < 1.29 is 0 Å². The quantitative estimate of drug-likeness (QED) is 0.351. The monoisotopic (exact) mass is 417 g/mol. The van der Waals surface area contributed by atoms with Crippen LogP contribution in [0, 0.1) is 0 Å². The largest absolute Gasteiger partial charge is 0.313 e. The van der Waals surface area contributed by atoms with Crippen LogP contribution in [0.4, 0.5) is 11.5 Å². The zero-order chi connectivity index (χ0) is 21.6. The second kappa shape index (κ2) is 9.37. The Bertz CT molecular complexity index is 1300. The molecule has 3 heterocycles. The molecule has 32 heavy (non-hydrogen) atoms. The van der Waals surface area contributed by atoms with E-state index in [1.807, 2.05) is 85.2 Å². The summed E-state index contributed by atoms with van der Waals surface area (Å²) in [4.78, 5) is 16.2. The average Bonchev–Trinajstić information content (AvgIpc) is 2.87. The van der Waals surface area contributed by atoms with Crippen molar-refractivity contribution in [2.75, 3.05) is 11.6 Å². The maximum absolute atomic E-state index is 5.00. The molecule has 0 atom stereocenters. The molecule has 0 fully saturated rings. The topological polar surface area (TPSA) is 53.9 Å². The van der Waals surface area contributed by atoms with Crippen LogP contribution < -0.4 is 10.2 Å². The molecule has 1 N–H and O–H groups in total. The number of rotatable bonds is 7. The van der Waals surface area contributed by atoms with Gasteiger partial charge in [-0.05, 0) is 47.9 Å². The maximum atomic E-state index is 5.00. The molecule has 0 aliphatic heterocycles. The number of para-hydroxylation sites is 1. The normalized spacial score (nSPS) is 10.9. The standard InChI is InChI=1S/C27H23N5/c1-2-11-23(12-3-1)32(20-28-19-22-10-6-7-17-29-22)26-15-8-14-25(31-26)27-24-13-5-4-9-21(24)16-18-30-27/h1-18,28H,19-20H2. The van der Waals surface area contributed by atoms with Gasteiger partial charge in [-0.3, -0.25) is 15.3 Å². The third-order valence-corrected chi connectivity index (χ3v) is 5.30. The van der Waals surface area contributed by atoms with Gasteiger partial charge in [0.1, 0.15) is 5.82 Å². The summed E-state index contributed by atoms with van der Waals surface area (Å²) in [6.07, 6.45) is 3.66. The van der Waals surface area contributed by atoms with Gasteiger partial charge in [-0.1, -0.05) is 54.6 Å². The summed E-state index contributed by atoms with van der Waals surface area (Å²) in [5, 5.41) is 5.75. The molecule has 2 aromatic carbocycles. The molecule has 156 valence electrons. The number of nitrogens with zero attached hydrogens (tertiary/aromatic N) is 4. The van der Waals surface area contributed by atoms with Crippen molar-refractivity contribution in [3.05, 3.63) is 115 Å². The number of hydrogen-bond donors (Lipinski definition) is 1. The van der Waals surface area contributed by atoms with Crippen molar-refractivity contribution in [1.82, 2.24) is 20.3 Å². The van der Waals surface area contributed by atoms with E-state index >= 15 is 0 Å². The lowest BCUT2D eigenvalue weighted by molar-refractivity contribution is 0.678. The lowest BCUT2D eigenvalue weighted by Crippen LogP contribution is -2.31. The summed E-state index contributed by atoms with van der Waals surface area (Å²) in [6, 6.07) is 32.6. The van der Waals surface area contributed by atoms with E-state index in [1.54, 1.807) is 0 Å². The van der Waals surface area contributed by atoms with Crippen LogP contribution in [0.5, 0.6) is 0 Å². The van der Waals surface area contributed by atoms with Crippen molar-refractivity contribution in [2.24, 2.45) is 0 Å². The van der Waals surface area contributed by atoms with Gasteiger partial charge in [-0.25, -0.2) is 4.98 Å². The smallest absolute Gasteiger partial charge is 0.134 e. The Morgan fingerprint density at radius 1 is 0.688 bits per heavy atom. The molecule has 0 bridgehead atoms. The Morgan fingerprint density at radius 2 is 1.53 bits per heavy atom. The molecule has 5 aromatic rings. The molecule has 5 nitrogen and oxygen atoms in total. The fourth-order valence-electron chi connectivity index (χ4n) is 3.74. The van der Waals surface area contributed by atoms with E-state index in [1.165, 1.54) is 0 Å². The van der Waals surface area contributed by atoms with E-state index in [4.69, 9.17) is 4.98 Å². The molecule has 0 aliphatic carbocycles. The summed E-state index contributed by atoms with van der Waals surface area (Å²) in [5.41, 5.74) is 3.81. The van der Waals surface area contributed by atoms with Crippen molar-refractivity contribution in [2.45, 2.75) is 6.54 Å². The fraction of sp³-hybridized carbons (Fsp3) is 0.0741. The van der Waals surface area contributed by atoms with Gasteiger partial charge < -0.3 is 4.90 Å². The second-order valence-electron chi connectivity index (χ2n) is 7.43. The SMILES string of the molecule is c1ccc(N(CNCc2ccccn2)c2cccc(-c3nccc4ccccc34)n2)cc1. The maximum Gasteiger partial charge on any atom is 0.134 e. The summed E-state index contributed by atoms with van der Waals surface area (Å²) in [5.74, 6) is 0.858. The zero-order valence-corrected chi connectivity index (χ0v) is 17.6. The molecule has 0 spiro atoms. The highest BCUT2D eigenvalue weighted by molar-refractivity contribution is 5.93. The van der Waals surface area contributed by atoms with Crippen molar-refractivity contribution in [3.63, 3.8) is 0 Å². The number of benzene rings is 2. The fourth-order valence-corrected chi connectivity index (χ4v) is 3.74. The van der Waals surface area contributed by atoms with E-state index in [9.17, 15) is 0 Å². The van der Waals surface area contributed by atoms with Gasteiger partial charge in [0, 0.05) is 30.0 Å². The summed E-state index contributed by atoms with van der Waals surface area (Å²) < 4.78 is 0. The number of nitrogens with one attached hydrogen (secondary N) is 1. The Hall–Kier alpha value is -4.09. The van der Waals surface area contributed by atoms with Crippen LogP contribution in [-0.4, -0.2) is 21.6 Å². The molecule has 0 amide bonds. The molecular weight excluding hydrogens is 394 g/mol. The van der Waals surface area contributed by atoms with Gasteiger partial charge in [0.15, 0.2) is 0 Å². The first-order chi connectivity index (χ1) is 15.9. The van der Waals surface area contributed by atoms with Gasteiger partial charge >= 0.3 is 0 Å². The molecule has 3 aromatic heterocycles. The average molecular weight is 418 g/mol. The Kier molecular flexibility index (Phi) is 5.81. The second-order valence-corrected chi connectivity index (χ2v) is 7.43. The molecule has 0 aliphatic rings. The van der Waals surface area contributed by atoms with Crippen LogP contribution in [0.2, 0.25) is 0 Å². The lowest BCUT2D eigenvalue weighted by atomic mass is 10.1. The number of fused-ring (bicyclic) bond motifs is 1. The van der Waals surface area contributed by atoms with Gasteiger partial charge in [0.2, 0.25) is 0 Å². The van der Waals surface area contributed by atoms with E-state index < -0.39 is 0 Å². The van der Waals surface area contributed by atoms with Crippen molar-refractivity contribution >= 4 is 22.3 Å². The van der Waals surface area contributed by atoms with Crippen LogP contribution >= 0.6 is 0 Å². The molecule has 0 radical (unpaired) electrons. The van der Waals surface area contributed by atoms with Crippen molar-refractivity contribution in [1.29, 1.82) is 0 Å². The number of hydrogen-bond acceptors (Lipinski definition) is 5. The van der Waals surface area contributed by atoms with E-state index in [0.717, 1.165) is 39.4 Å². The summed E-state index contributed by atoms with van der Waals surface area (Å²) in [6.45, 7) is 1.27. The number of pyridine rings is 3. The van der Waals surface area contributed by atoms with Gasteiger partial charge in [0.25, 0.3) is 0 Å². The highest BCUT2D eigenvalue weighted by Crippen LogP contribution is 2.28. The van der Waals surface area contributed by atoms with E-state index in [-0.39, 0.29) is 0 Å². The zero-order valence-electron chi connectivity index (χ0n) is 17.6. The Balaban J connectivity index is 1.48. The first-order valence-corrected chi connectivity index (χ1v) is 10.6. The number of aromatic nitrogens is 3. The summed E-state index contributed by atoms with van der Waals surface area (Å²) >= 11 is 0. The lowest BCUT2D eigenvalue weighted by Gasteiger charge is -2.25. The van der Waals surface area contributed by atoms with E-state index in [0.29, 0.717) is 13.2 Å². The minimum Gasteiger partial charge on any atom is -0.313 e. The summed E-state index contributed by atoms with van der Waals surface area (Å²) in [7, 11) is 0. The third kappa shape index (κ3) is 4.33. The highest BCUT2D eigenvalue weighted by atomic mass is 15.3. The van der Waals surface area contributed by atoms with Crippen LogP contribution in [0.25, 0.3) is 22.2 Å². The Labute approximate surface area is 187 Å². The predicted molar refractivity (Wildman–Crippen MR) is 129 cm³/mol. The molecule has 5 rings (SSSR count). The van der Waals surface area contributed by atoms with Crippen LogP contribution in [0.3, 0.4) is 0 Å². The molecule has 5 heteroatoms. The van der Waals surface area contributed by atoms with Gasteiger partial charge in [-0.2, -0.15) is 0 Å². The van der Waals surface area contributed by atoms with Crippen LogP contribution in [0.15, 0.2) is 109 Å².